The van der Waals surface area contributed by atoms with Crippen LogP contribution in [0.5, 0.6) is 5.75 Å². The van der Waals surface area contributed by atoms with Crippen molar-refractivity contribution < 1.29 is 53.0 Å². The van der Waals surface area contributed by atoms with E-state index >= 15 is 0 Å². The smallest absolute Gasteiger partial charge is 0.329 e. The Morgan fingerprint density at radius 2 is 1.21 bits per heavy atom. The first-order chi connectivity index (χ1) is 34.1. The van der Waals surface area contributed by atoms with Crippen molar-refractivity contribution in [2.75, 3.05) is 20.1 Å². The zero-order valence-corrected chi connectivity index (χ0v) is 43.3. The number of nitrogens with one attached hydrogen (secondary N) is 5. The number of ether oxygens (including phenoxy) is 1. The number of phenolic OH excluding ortho intramolecular Hbond substituents is 1. The Balaban J connectivity index is 1.62. The summed E-state index contributed by atoms with van der Waals surface area (Å²) in [7, 11) is 1.40. The average Bonchev–Trinajstić information content (AvgIpc) is 4.04. The summed E-state index contributed by atoms with van der Waals surface area (Å²) >= 11 is 0. The second kappa shape index (κ2) is 25.7. The van der Waals surface area contributed by atoms with Crippen LogP contribution in [-0.4, -0.2) is 148 Å². The number of likely N-dealkylation sites (N-methyl/N-ethyl adjacent to an activating group) is 1. The molecule has 3 fully saturated rings. The number of amides is 8. The van der Waals surface area contributed by atoms with E-state index in [1.54, 1.807) is 63.2 Å². The van der Waals surface area contributed by atoms with Crippen LogP contribution in [0, 0.1) is 17.8 Å². The molecule has 19 nitrogen and oxygen atoms in total. The maximum atomic E-state index is 14.7. The molecule has 0 aromatic heterocycles. The van der Waals surface area contributed by atoms with Gasteiger partial charge in [-0.2, -0.15) is 0 Å². The van der Waals surface area contributed by atoms with Crippen LogP contribution in [-0.2, 0) is 60.7 Å². The number of aromatic hydroxyl groups is 1. The molecule has 0 bridgehead atoms. The summed E-state index contributed by atoms with van der Waals surface area (Å²) in [6, 6.07) is 5.20. The third kappa shape index (κ3) is 14.8. The first-order valence-electron chi connectivity index (χ1n) is 25.5. The molecule has 2 aromatic carbocycles. The van der Waals surface area contributed by atoms with Gasteiger partial charge in [0.05, 0.1) is 0 Å². The summed E-state index contributed by atoms with van der Waals surface area (Å²) in [4.78, 5) is 134. The Morgan fingerprint density at radius 1 is 0.667 bits per heavy atom. The van der Waals surface area contributed by atoms with Gasteiger partial charge in [-0.05, 0) is 86.5 Å². The molecular weight excluding hydrogens is 925 g/mol. The van der Waals surface area contributed by atoms with Crippen LogP contribution in [0.2, 0.25) is 0 Å². The number of carbonyl (C=O) groups is 9. The minimum absolute atomic E-state index is 0.0340. The van der Waals surface area contributed by atoms with Crippen molar-refractivity contribution in [3.05, 3.63) is 65.7 Å². The van der Waals surface area contributed by atoms with Gasteiger partial charge in [0.25, 0.3) is 0 Å². The van der Waals surface area contributed by atoms with Crippen molar-refractivity contribution in [2.24, 2.45) is 17.8 Å². The number of cyclic esters (lactones) is 1. The fraction of sp³-hybridized carbons (Fsp3) is 0.604. The van der Waals surface area contributed by atoms with Gasteiger partial charge in [-0.15, -0.1) is 0 Å². The summed E-state index contributed by atoms with van der Waals surface area (Å²) in [5, 5.41) is 24.1. The SMILES string of the molecule is CCC(=O)NC1C(=O)NC(Cc2ccccc2)C(=O)NC(CC(C)C)C(=O)NC(C(C)C)C(=O)N2CCCC2C(=O)N2CCCC2C(=O)NC(CC(C)C)C(=O)N(C)C(Cc2ccc(O)cc2)C(=O)OC1C. The highest BCUT2D eigenvalue weighted by Gasteiger charge is 2.46. The predicted octanol–water partition coefficient (Wildman–Crippen LogP) is 2.51. The summed E-state index contributed by atoms with van der Waals surface area (Å²) < 4.78 is 6.02. The number of nitrogens with zero attached hydrogens (tertiary/aromatic N) is 3. The fourth-order valence-corrected chi connectivity index (χ4v) is 9.62. The quantitative estimate of drug-likeness (QED) is 0.179. The molecule has 9 atom stereocenters. The van der Waals surface area contributed by atoms with E-state index < -0.39 is 114 Å². The van der Waals surface area contributed by atoms with Gasteiger partial charge in [-0.1, -0.05) is 90.9 Å². The van der Waals surface area contributed by atoms with Gasteiger partial charge in [0.15, 0.2) is 0 Å². The Hall–Kier alpha value is -6.53. The maximum Gasteiger partial charge on any atom is 0.329 e. The zero-order valence-electron chi connectivity index (χ0n) is 43.3. The first kappa shape index (κ1) is 56.4. The fourth-order valence-electron chi connectivity index (χ4n) is 9.62. The van der Waals surface area contributed by atoms with Crippen LogP contribution in [0.4, 0.5) is 0 Å². The van der Waals surface area contributed by atoms with Crippen molar-refractivity contribution in [1.82, 2.24) is 41.3 Å². The molecule has 3 saturated heterocycles. The van der Waals surface area contributed by atoms with Crippen LogP contribution in [0.3, 0.4) is 0 Å². The normalized spacial score (nSPS) is 26.8. The van der Waals surface area contributed by atoms with Crippen LogP contribution in [0.1, 0.15) is 111 Å². The van der Waals surface area contributed by atoms with Gasteiger partial charge < -0.3 is 51.1 Å². The third-order valence-electron chi connectivity index (χ3n) is 13.6. The van der Waals surface area contributed by atoms with Gasteiger partial charge in [-0.25, -0.2) is 4.79 Å². The van der Waals surface area contributed by atoms with Gasteiger partial charge in [0, 0.05) is 39.4 Å². The predicted molar refractivity (Wildman–Crippen MR) is 267 cm³/mol. The third-order valence-corrected chi connectivity index (χ3v) is 13.6. The summed E-state index contributed by atoms with van der Waals surface area (Å²) in [6.07, 6.45) is 0.282. The highest BCUT2D eigenvalue weighted by Crippen LogP contribution is 2.27. The lowest BCUT2D eigenvalue weighted by Gasteiger charge is -2.35. The molecule has 9 unspecified atom stereocenters. The van der Waals surface area contributed by atoms with Crippen LogP contribution in [0.15, 0.2) is 54.6 Å². The second-order valence-electron chi connectivity index (χ2n) is 20.6. The minimum atomic E-state index is -1.57. The molecule has 2 aromatic rings. The van der Waals surface area contributed by atoms with Crippen LogP contribution in [0.25, 0.3) is 0 Å². The molecule has 0 saturated carbocycles. The number of esters is 1. The highest BCUT2D eigenvalue weighted by molar-refractivity contribution is 5.99. The summed E-state index contributed by atoms with van der Waals surface area (Å²) in [5.41, 5.74) is 1.18. The molecule has 394 valence electrons. The molecule has 3 heterocycles. The van der Waals surface area contributed by atoms with Crippen molar-refractivity contribution in [2.45, 2.75) is 168 Å². The number of carbonyl (C=O) groups excluding carboxylic acids is 9. The maximum absolute atomic E-state index is 14.7. The Labute approximate surface area is 423 Å². The zero-order chi connectivity index (χ0) is 53.0. The van der Waals surface area contributed by atoms with Crippen molar-refractivity contribution >= 4 is 53.2 Å². The molecule has 3 aliphatic rings. The molecular formula is C53H76N8O11. The lowest BCUT2D eigenvalue weighted by atomic mass is 9.98. The molecule has 0 spiro atoms. The van der Waals surface area contributed by atoms with Crippen molar-refractivity contribution in [1.29, 1.82) is 0 Å². The molecule has 19 heteroatoms. The van der Waals surface area contributed by atoms with Gasteiger partial charge >= 0.3 is 5.97 Å². The molecule has 3 aliphatic heterocycles. The lowest BCUT2D eigenvalue weighted by molar-refractivity contribution is -0.161. The van der Waals surface area contributed by atoms with Gasteiger partial charge in [0.2, 0.25) is 47.3 Å². The molecule has 8 amide bonds. The molecule has 6 N–H and O–H groups in total. The van der Waals surface area contributed by atoms with E-state index in [9.17, 15) is 48.3 Å². The van der Waals surface area contributed by atoms with E-state index in [2.05, 4.69) is 26.6 Å². The Kier molecular flexibility index (Phi) is 20.1. The highest BCUT2D eigenvalue weighted by atomic mass is 16.5. The topological polar surface area (TPSA) is 253 Å². The number of fused-ring (bicyclic) bond motifs is 2. The average molecular weight is 1000 g/mol. The number of phenols is 1. The number of rotatable bonds is 11. The molecule has 0 radical (unpaired) electrons. The van der Waals surface area contributed by atoms with E-state index in [-0.39, 0.29) is 62.8 Å². The molecule has 5 rings (SSSR count). The standard InChI is InChI=1S/C53H76N8O11/c1-10-43(63)57-45-33(8)72-53(71)42(29-35-20-22-36(62)23-21-35)59(9)50(68)39(27-31(4)5)56-48(66)40-18-14-24-60(40)51(69)41-19-15-25-61(41)52(70)44(32(6)7)58-47(65)37(26-30(2)3)54-46(64)38(55-49(45)67)28-34-16-12-11-13-17-34/h11-13,16-17,20-23,30-33,37-42,44-45,62H,10,14-15,18-19,24-29H2,1-9H3,(H,54,64)(H,55,67)(H,56,66)(H,57,63)(H,58,65). The molecule has 72 heavy (non-hydrogen) atoms. The summed E-state index contributed by atoms with van der Waals surface area (Å²) in [6.45, 7) is 14.4. The molecule has 0 aliphatic carbocycles. The lowest BCUT2D eigenvalue weighted by Crippen LogP contribution is -2.61. The van der Waals surface area contributed by atoms with Crippen LogP contribution < -0.4 is 26.6 Å². The summed E-state index contributed by atoms with van der Waals surface area (Å²) in [5.74, 6) is -6.66. The Bertz CT molecular complexity index is 2260. The second-order valence-corrected chi connectivity index (χ2v) is 20.6. The van der Waals surface area contributed by atoms with Gasteiger partial charge in [-0.3, -0.25) is 38.4 Å². The first-order valence-corrected chi connectivity index (χ1v) is 25.5. The van der Waals surface area contributed by atoms with E-state index in [0.29, 0.717) is 36.8 Å². The van der Waals surface area contributed by atoms with E-state index in [4.69, 9.17) is 4.74 Å². The van der Waals surface area contributed by atoms with Crippen LogP contribution >= 0.6 is 0 Å². The monoisotopic (exact) mass is 1000 g/mol. The number of hydrogen-bond acceptors (Lipinski definition) is 11. The number of hydrogen-bond donors (Lipinski definition) is 6. The minimum Gasteiger partial charge on any atom is -0.508 e. The number of benzene rings is 2. The van der Waals surface area contributed by atoms with Crippen molar-refractivity contribution in [3.63, 3.8) is 0 Å². The van der Waals surface area contributed by atoms with Crippen molar-refractivity contribution in [3.8, 4) is 5.75 Å². The van der Waals surface area contributed by atoms with E-state index in [0.717, 1.165) is 0 Å². The Morgan fingerprint density at radius 3 is 1.81 bits per heavy atom. The largest absolute Gasteiger partial charge is 0.508 e. The van der Waals surface area contributed by atoms with Gasteiger partial charge in [0.1, 0.15) is 60.2 Å². The van der Waals surface area contributed by atoms with E-state index in [1.807, 2.05) is 27.7 Å². The van der Waals surface area contributed by atoms with E-state index in [1.165, 1.54) is 40.8 Å².